The molecule has 0 unspecified atom stereocenters. The minimum Gasteiger partial charge on any atom is -0.396 e. The molecule has 14 heavy (non-hydrogen) atoms. The van der Waals surface area contributed by atoms with Gasteiger partial charge in [-0.25, -0.2) is 0 Å². The van der Waals surface area contributed by atoms with E-state index in [4.69, 9.17) is 5.11 Å². The third-order valence-corrected chi connectivity index (χ3v) is 2.63. The summed E-state index contributed by atoms with van der Waals surface area (Å²) in [6.45, 7) is 0.220. The summed E-state index contributed by atoms with van der Waals surface area (Å²) >= 11 is 0. The Morgan fingerprint density at radius 3 is 2.14 bits per heavy atom. The number of aliphatic hydroxyl groups is 1. The van der Waals surface area contributed by atoms with Crippen molar-refractivity contribution < 1.29 is 5.11 Å². The lowest BCUT2D eigenvalue weighted by molar-refractivity contribution is 0.299. The molecule has 0 aliphatic heterocycles. The summed E-state index contributed by atoms with van der Waals surface area (Å²) in [4.78, 5) is 0. The lowest BCUT2D eigenvalue weighted by Crippen LogP contribution is -1.89. The maximum absolute atomic E-state index is 8.76. The summed E-state index contributed by atoms with van der Waals surface area (Å²) in [5, 5.41) is 12.2. The van der Waals surface area contributed by atoms with E-state index in [0.717, 1.165) is 12.0 Å². The van der Waals surface area contributed by atoms with Gasteiger partial charge < -0.3 is 5.11 Å². The minimum atomic E-state index is -0.702. The molecule has 0 spiro atoms. The van der Waals surface area contributed by atoms with Gasteiger partial charge in [-0.15, -0.1) is 0 Å². The summed E-state index contributed by atoms with van der Waals surface area (Å²) in [6, 6.07) is 8.26. The molecule has 1 N–H and O–H groups in total. The molecule has 2 heteroatoms. The van der Waals surface area contributed by atoms with Crippen LogP contribution in [0.4, 0.5) is 0 Å². The first-order valence-electron chi connectivity index (χ1n) is 4.67. The van der Waals surface area contributed by atoms with E-state index in [2.05, 4.69) is 48.2 Å². The molecule has 1 rings (SSSR count). The molecule has 0 fully saturated rings. The first-order chi connectivity index (χ1) is 6.51. The molecule has 0 aliphatic rings. The van der Waals surface area contributed by atoms with Crippen LogP contribution in [-0.4, -0.2) is 30.5 Å². The summed E-state index contributed by atoms with van der Waals surface area (Å²) < 4.78 is 0. The zero-order chi connectivity index (χ0) is 10.6. The predicted molar refractivity (Wildman–Crippen MR) is 65.6 cm³/mol. The Labute approximate surface area is 87.3 Å². The van der Waals surface area contributed by atoms with Crippen molar-refractivity contribution in [2.24, 2.45) is 0 Å². The Bertz CT molecular complexity index is 384. The van der Waals surface area contributed by atoms with Gasteiger partial charge in [0.05, 0.1) is 0 Å². The van der Waals surface area contributed by atoms with Crippen LogP contribution >= 0.6 is 9.44 Å². The molecule has 1 aromatic carbocycles. The van der Waals surface area contributed by atoms with E-state index in [0.29, 0.717) is 0 Å². The van der Waals surface area contributed by atoms with Crippen molar-refractivity contribution in [3.63, 3.8) is 0 Å². The summed E-state index contributed by atoms with van der Waals surface area (Å²) in [5.41, 5.74) is 2.34. The molecule has 0 aliphatic carbocycles. The van der Waals surface area contributed by atoms with Crippen molar-refractivity contribution in [2.45, 2.75) is 6.42 Å². The fourth-order valence-corrected chi connectivity index (χ4v) is 2.07. The second kappa shape index (κ2) is 4.70. The Morgan fingerprint density at radius 2 is 1.71 bits per heavy atom. The Balaban J connectivity index is 2.92. The normalized spacial score (nSPS) is 11.1. The van der Waals surface area contributed by atoms with Crippen LogP contribution in [0.1, 0.15) is 11.1 Å². The monoisotopic (exact) mass is 210 g/mol. The fraction of sp³-hybridized carbons (Fsp3) is 0.417. The molecule has 1 aromatic rings. The van der Waals surface area contributed by atoms with Gasteiger partial charge in [-0.05, 0) is 42.9 Å². The Hall–Kier alpha value is -0.690. The van der Waals surface area contributed by atoms with Gasteiger partial charge >= 0.3 is 0 Å². The van der Waals surface area contributed by atoms with Crippen LogP contribution in [0.3, 0.4) is 0 Å². The van der Waals surface area contributed by atoms with Crippen molar-refractivity contribution in [1.29, 1.82) is 0 Å². The number of benzene rings is 1. The highest BCUT2D eigenvalue weighted by molar-refractivity contribution is 8.22. The quantitative estimate of drug-likeness (QED) is 0.793. The largest absolute Gasteiger partial charge is 0.396 e. The molecule has 0 amide bonds. The molecule has 78 valence electrons. The topological polar surface area (TPSA) is 20.2 Å². The highest BCUT2D eigenvalue weighted by Gasteiger charge is 1.92. The van der Waals surface area contributed by atoms with Crippen LogP contribution < -0.4 is 0 Å². The van der Waals surface area contributed by atoms with Crippen LogP contribution in [0.5, 0.6) is 0 Å². The van der Waals surface area contributed by atoms with Gasteiger partial charge in [0.1, 0.15) is 0 Å². The molecule has 0 saturated carbocycles. The van der Waals surface area contributed by atoms with Gasteiger partial charge in [0.25, 0.3) is 0 Å². The van der Waals surface area contributed by atoms with Crippen molar-refractivity contribution in [3.05, 3.63) is 35.4 Å². The molecular formula is C12H18OS. The van der Waals surface area contributed by atoms with Crippen molar-refractivity contribution in [2.75, 3.05) is 25.4 Å². The van der Waals surface area contributed by atoms with E-state index in [1.54, 1.807) is 0 Å². The maximum atomic E-state index is 8.76. The standard InChI is InChI=1S/C12H18OS/c1-14(2,3)10-12-6-4-11(5-7-12)8-9-13/h4-7,13H,8-9H2,1-3H3. The molecule has 0 atom stereocenters. The summed E-state index contributed by atoms with van der Waals surface area (Å²) in [5.74, 6) is 0. The number of rotatable bonds is 2. The van der Waals surface area contributed by atoms with Crippen LogP contribution in [0.2, 0.25) is 0 Å². The average Bonchev–Trinajstić information content (AvgIpc) is 2.06. The van der Waals surface area contributed by atoms with Crippen LogP contribution in [0.15, 0.2) is 24.3 Å². The van der Waals surface area contributed by atoms with Gasteiger partial charge in [-0.3, -0.25) is 0 Å². The number of hydrogen-bond acceptors (Lipinski definition) is 1. The molecule has 0 radical (unpaired) electrons. The highest BCUT2D eigenvalue weighted by atomic mass is 32.2. The third-order valence-electron chi connectivity index (χ3n) is 1.78. The van der Waals surface area contributed by atoms with Crippen LogP contribution in [0, 0.1) is 5.18 Å². The average molecular weight is 210 g/mol. The van der Waals surface area contributed by atoms with Gasteiger partial charge in [0, 0.05) is 12.2 Å². The third kappa shape index (κ3) is 4.01. The first kappa shape index (κ1) is 11.4. The van der Waals surface area contributed by atoms with E-state index in [-0.39, 0.29) is 6.61 Å². The Morgan fingerprint density at radius 1 is 1.14 bits per heavy atom. The van der Waals surface area contributed by atoms with Gasteiger partial charge in [-0.2, -0.15) is 9.44 Å². The Kier molecular flexibility index (Phi) is 3.82. The fourth-order valence-electron chi connectivity index (χ4n) is 1.22. The van der Waals surface area contributed by atoms with Crippen LogP contribution in [-0.2, 0) is 6.42 Å². The second-order valence-electron chi connectivity index (χ2n) is 4.11. The van der Waals surface area contributed by atoms with Crippen molar-refractivity contribution in [3.8, 4) is 5.18 Å². The van der Waals surface area contributed by atoms with Gasteiger partial charge in [0.15, 0.2) is 0 Å². The first-order valence-corrected chi connectivity index (χ1v) is 7.53. The molecule has 1 nitrogen and oxygen atoms in total. The lowest BCUT2D eigenvalue weighted by Gasteiger charge is -2.04. The SMILES string of the molecule is CS(C)(C)#Cc1ccc(CCO)cc1. The number of hydrogen-bond donors (Lipinski definition) is 1. The molecule has 0 heterocycles. The van der Waals surface area contributed by atoms with Gasteiger partial charge in [-0.1, -0.05) is 17.3 Å². The van der Waals surface area contributed by atoms with Crippen molar-refractivity contribution in [1.82, 2.24) is 0 Å². The molecule has 0 saturated heterocycles. The zero-order valence-corrected chi connectivity index (χ0v) is 9.90. The predicted octanol–water partition coefficient (Wildman–Crippen LogP) is 2.22. The smallest absolute Gasteiger partial charge is 0.0471 e. The van der Waals surface area contributed by atoms with E-state index in [1.165, 1.54) is 5.56 Å². The summed E-state index contributed by atoms with van der Waals surface area (Å²) in [7, 11) is -0.702. The molecule has 0 bridgehead atoms. The van der Waals surface area contributed by atoms with E-state index in [9.17, 15) is 0 Å². The van der Waals surface area contributed by atoms with Crippen LogP contribution in [0.25, 0.3) is 0 Å². The zero-order valence-electron chi connectivity index (χ0n) is 9.08. The van der Waals surface area contributed by atoms with Gasteiger partial charge in [0.2, 0.25) is 0 Å². The maximum Gasteiger partial charge on any atom is 0.0471 e. The van der Waals surface area contributed by atoms with E-state index >= 15 is 0 Å². The molecular weight excluding hydrogens is 192 g/mol. The highest BCUT2D eigenvalue weighted by Crippen LogP contribution is 2.18. The second-order valence-corrected chi connectivity index (χ2v) is 7.99. The summed E-state index contributed by atoms with van der Waals surface area (Å²) in [6.07, 6.45) is 7.39. The number of aliphatic hydroxyl groups excluding tert-OH is 1. The van der Waals surface area contributed by atoms with Crippen molar-refractivity contribution >= 4 is 9.44 Å². The minimum absolute atomic E-state index is 0.220. The molecule has 0 aromatic heterocycles. The lowest BCUT2D eigenvalue weighted by atomic mass is 10.1. The van der Waals surface area contributed by atoms with E-state index in [1.807, 2.05) is 0 Å². The van der Waals surface area contributed by atoms with E-state index < -0.39 is 9.44 Å².